The molecule has 0 saturated carbocycles. The Bertz CT molecular complexity index is 139. The predicted octanol–water partition coefficient (Wildman–Crippen LogP) is -2.95. The number of carboxylic acid groups (broad SMARTS) is 2. The van der Waals surface area contributed by atoms with E-state index in [-0.39, 0.29) is 31.7 Å². The summed E-state index contributed by atoms with van der Waals surface area (Å²) in [6.07, 6.45) is -4.53. The fourth-order valence-corrected chi connectivity index (χ4v) is 0.270. The molecule has 12 heavy (non-hydrogen) atoms. The normalized spacial score (nSPS) is 13.2. The SMILES string of the molecule is O.O=C(O)C(O)C(O)C(=O)O.[Zr]. The molecule has 0 rings (SSSR count). The molecule has 0 saturated heterocycles. The van der Waals surface area contributed by atoms with Crippen LogP contribution in [0.4, 0.5) is 0 Å². The molecule has 0 aromatic rings. The Hall–Kier alpha value is -0.297. The van der Waals surface area contributed by atoms with Crippen LogP contribution in [0.1, 0.15) is 0 Å². The minimum atomic E-state index is -2.27. The van der Waals surface area contributed by atoms with E-state index in [0.29, 0.717) is 0 Å². The molecule has 8 heteroatoms. The quantitative estimate of drug-likeness (QED) is 0.426. The molecule has 0 spiro atoms. The first kappa shape index (κ1) is 17.7. The summed E-state index contributed by atoms with van der Waals surface area (Å²) in [5.41, 5.74) is 0. The fourth-order valence-electron chi connectivity index (χ4n) is 0.270. The number of rotatable bonds is 3. The van der Waals surface area contributed by atoms with Gasteiger partial charge in [0.05, 0.1) is 0 Å². The van der Waals surface area contributed by atoms with Crippen LogP contribution in [0, 0.1) is 0 Å². The van der Waals surface area contributed by atoms with Crippen molar-refractivity contribution in [3.63, 3.8) is 0 Å². The van der Waals surface area contributed by atoms with Crippen LogP contribution in [0.15, 0.2) is 0 Å². The van der Waals surface area contributed by atoms with Gasteiger partial charge in [0, 0.05) is 26.2 Å². The summed E-state index contributed by atoms with van der Waals surface area (Å²) in [5, 5.41) is 32.5. The molecule has 0 aliphatic heterocycles. The third-order valence-corrected chi connectivity index (χ3v) is 0.805. The van der Waals surface area contributed by atoms with Crippen LogP contribution in [-0.2, 0) is 35.8 Å². The maximum atomic E-state index is 9.77. The van der Waals surface area contributed by atoms with E-state index >= 15 is 0 Å². The van der Waals surface area contributed by atoms with E-state index in [1.54, 1.807) is 0 Å². The molecule has 0 fully saturated rings. The van der Waals surface area contributed by atoms with Crippen molar-refractivity contribution in [1.29, 1.82) is 0 Å². The predicted molar refractivity (Wildman–Crippen MR) is 30.9 cm³/mol. The Morgan fingerprint density at radius 3 is 1.17 bits per heavy atom. The minimum absolute atomic E-state index is 0. The van der Waals surface area contributed by atoms with E-state index in [2.05, 4.69) is 0 Å². The molecule has 2 unspecified atom stereocenters. The molecule has 6 N–H and O–H groups in total. The largest absolute Gasteiger partial charge is 0.479 e. The van der Waals surface area contributed by atoms with Gasteiger partial charge in [-0.25, -0.2) is 9.59 Å². The van der Waals surface area contributed by atoms with Crippen molar-refractivity contribution in [2.75, 3.05) is 0 Å². The summed E-state index contributed by atoms with van der Waals surface area (Å²) in [6, 6.07) is 0. The minimum Gasteiger partial charge on any atom is -0.479 e. The van der Waals surface area contributed by atoms with Crippen molar-refractivity contribution in [2.45, 2.75) is 12.2 Å². The second-order valence-electron chi connectivity index (χ2n) is 1.57. The second kappa shape index (κ2) is 7.36. The van der Waals surface area contributed by atoms with Crippen LogP contribution in [0.2, 0.25) is 0 Å². The molecule has 0 aliphatic rings. The average Bonchev–Trinajstić information content (AvgIpc) is 1.84. The van der Waals surface area contributed by atoms with Gasteiger partial charge in [0.2, 0.25) is 0 Å². The van der Waals surface area contributed by atoms with Crippen LogP contribution in [0.25, 0.3) is 0 Å². The van der Waals surface area contributed by atoms with Crippen molar-refractivity contribution >= 4 is 11.9 Å². The zero-order chi connectivity index (χ0) is 8.31. The van der Waals surface area contributed by atoms with Crippen LogP contribution in [0.5, 0.6) is 0 Å². The van der Waals surface area contributed by atoms with Crippen LogP contribution >= 0.6 is 0 Å². The molecule has 0 aliphatic carbocycles. The van der Waals surface area contributed by atoms with Gasteiger partial charge >= 0.3 is 11.9 Å². The van der Waals surface area contributed by atoms with Gasteiger partial charge in [-0.3, -0.25) is 0 Å². The summed E-state index contributed by atoms with van der Waals surface area (Å²) >= 11 is 0. The number of aliphatic hydroxyl groups excluding tert-OH is 2. The van der Waals surface area contributed by atoms with Crippen molar-refractivity contribution in [2.24, 2.45) is 0 Å². The number of hydrogen-bond donors (Lipinski definition) is 4. The number of aliphatic carboxylic acids is 2. The Kier molecular flexibility index (Phi) is 10.9. The van der Waals surface area contributed by atoms with Gasteiger partial charge in [-0.05, 0) is 0 Å². The number of aliphatic hydroxyl groups is 2. The Morgan fingerprint density at radius 1 is 0.917 bits per heavy atom. The second-order valence-corrected chi connectivity index (χ2v) is 1.57. The van der Waals surface area contributed by atoms with E-state index in [0.717, 1.165) is 0 Å². The molecule has 0 amide bonds. The van der Waals surface area contributed by atoms with Crippen molar-refractivity contribution in [3.8, 4) is 0 Å². The first-order chi connectivity index (χ1) is 4.46. The molecular weight excluding hydrogens is 251 g/mol. The zero-order valence-electron chi connectivity index (χ0n) is 5.76. The standard InChI is InChI=1S/C4H6O6.H2O.Zr/c5-1(3(7)8)2(6)4(9)10;;/h1-2,5-6H,(H,7,8)(H,9,10);1H2;. The molecule has 0 bridgehead atoms. The molecule has 70 valence electrons. The van der Waals surface area contributed by atoms with Crippen LogP contribution < -0.4 is 0 Å². The van der Waals surface area contributed by atoms with Crippen LogP contribution in [-0.4, -0.2) is 50.0 Å². The Balaban J connectivity index is -0.000000405. The molecule has 7 nitrogen and oxygen atoms in total. The van der Waals surface area contributed by atoms with Gasteiger partial charge in [-0.1, -0.05) is 0 Å². The monoisotopic (exact) mass is 258 g/mol. The summed E-state index contributed by atoms with van der Waals surface area (Å²) in [4.78, 5) is 19.5. The first-order valence-corrected chi connectivity index (χ1v) is 2.28. The number of carboxylic acids is 2. The van der Waals surface area contributed by atoms with Crippen molar-refractivity contribution in [1.82, 2.24) is 0 Å². The van der Waals surface area contributed by atoms with Gasteiger partial charge in [0.25, 0.3) is 0 Å². The van der Waals surface area contributed by atoms with Gasteiger partial charge in [0.15, 0.2) is 12.2 Å². The van der Waals surface area contributed by atoms with E-state index in [4.69, 9.17) is 20.4 Å². The maximum Gasteiger partial charge on any atom is 0.335 e. The van der Waals surface area contributed by atoms with Crippen molar-refractivity contribution in [3.05, 3.63) is 0 Å². The van der Waals surface area contributed by atoms with E-state index in [1.807, 2.05) is 0 Å². The smallest absolute Gasteiger partial charge is 0.335 e. The van der Waals surface area contributed by atoms with E-state index in [1.165, 1.54) is 0 Å². The maximum absolute atomic E-state index is 9.77. The molecule has 0 heterocycles. The van der Waals surface area contributed by atoms with E-state index in [9.17, 15) is 9.59 Å². The average molecular weight is 259 g/mol. The summed E-state index contributed by atoms with van der Waals surface area (Å²) < 4.78 is 0. The first-order valence-electron chi connectivity index (χ1n) is 2.28. The van der Waals surface area contributed by atoms with E-state index < -0.39 is 24.1 Å². The van der Waals surface area contributed by atoms with Crippen LogP contribution in [0.3, 0.4) is 0 Å². The number of carbonyl (C=O) groups is 2. The van der Waals surface area contributed by atoms with Gasteiger partial charge < -0.3 is 25.9 Å². The third kappa shape index (κ3) is 5.37. The molecule has 0 aromatic carbocycles. The molecule has 0 aromatic heterocycles. The van der Waals surface area contributed by atoms with Gasteiger partial charge in [-0.15, -0.1) is 0 Å². The molecule has 0 radical (unpaired) electrons. The summed E-state index contributed by atoms with van der Waals surface area (Å²) in [5.74, 6) is -3.54. The Morgan fingerprint density at radius 2 is 1.08 bits per heavy atom. The fraction of sp³-hybridized carbons (Fsp3) is 0.500. The number of hydrogen-bond acceptors (Lipinski definition) is 4. The summed E-state index contributed by atoms with van der Waals surface area (Å²) in [6.45, 7) is 0. The molecule has 2 atom stereocenters. The summed E-state index contributed by atoms with van der Waals surface area (Å²) in [7, 11) is 0. The van der Waals surface area contributed by atoms with Gasteiger partial charge in [-0.2, -0.15) is 0 Å². The zero-order valence-corrected chi connectivity index (χ0v) is 8.22. The molecular formula is C4H8O7Zr. The van der Waals surface area contributed by atoms with Crippen molar-refractivity contribution < 1.29 is 61.7 Å². The Labute approximate surface area is 86.1 Å². The van der Waals surface area contributed by atoms with Gasteiger partial charge in [0.1, 0.15) is 0 Å². The topological polar surface area (TPSA) is 147 Å². The third-order valence-electron chi connectivity index (χ3n) is 0.805.